The molecule has 86 valence electrons. The quantitative estimate of drug-likeness (QED) is 0.486. The molecule has 4 heteroatoms. The fourth-order valence-corrected chi connectivity index (χ4v) is 4.23. The standard InChI is InChI=1S/C10H20Cl2S2/c1-9(2,3)7(11)13-14-8(12)10(4,5)6/h7-8H,1-6H3. The Morgan fingerprint density at radius 3 is 1.07 bits per heavy atom. The van der Waals surface area contributed by atoms with Gasteiger partial charge in [0.2, 0.25) is 0 Å². The number of alkyl halides is 2. The van der Waals surface area contributed by atoms with Crippen LogP contribution in [0.4, 0.5) is 0 Å². The van der Waals surface area contributed by atoms with Crippen LogP contribution in [0, 0.1) is 10.8 Å². The van der Waals surface area contributed by atoms with E-state index in [1.54, 1.807) is 21.6 Å². The molecule has 0 saturated heterocycles. The van der Waals surface area contributed by atoms with Crippen LogP contribution in [-0.4, -0.2) is 9.42 Å². The third-order valence-corrected chi connectivity index (χ3v) is 7.42. The van der Waals surface area contributed by atoms with Crippen LogP contribution in [-0.2, 0) is 0 Å². The number of hydrogen-bond acceptors (Lipinski definition) is 2. The lowest BCUT2D eigenvalue weighted by Gasteiger charge is -2.28. The Kier molecular flexibility index (Phi) is 6.07. The normalized spacial score (nSPS) is 18.0. The van der Waals surface area contributed by atoms with Crippen molar-refractivity contribution >= 4 is 44.8 Å². The van der Waals surface area contributed by atoms with Crippen LogP contribution in [0.2, 0.25) is 0 Å². The molecule has 0 radical (unpaired) electrons. The van der Waals surface area contributed by atoms with E-state index in [-0.39, 0.29) is 20.2 Å². The summed E-state index contributed by atoms with van der Waals surface area (Å²) >= 11 is 12.5. The van der Waals surface area contributed by atoms with Crippen molar-refractivity contribution in [2.24, 2.45) is 10.8 Å². The lowest BCUT2D eigenvalue weighted by molar-refractivity contribution is 0.453. The third kappa shape index (κ3) is 5.99. The summed E-state index contributed by atoms with van der Waals surface area (Å²) in [6.07, 6.45) is 0. The Hall–Kier alpha value is 1.28. The maximum Gasteiger partial charge on any atom is 0.0940 e. The largest absolute Gasteiger partial charge is 0.110 e. The van der Waals surface area contributed by atoms with Crippen molar-refractivity contribution in [3.05, 3.63) is 0 Å². The Balaban J connectivity index is 3.96. The van der Waals surface area contributed by atoms with Crippen molar-refractivity contribution in [2.45, 2.75) is 51.0 Å². The van der Waals surface area contributed by atoms with Gasteiger partial charge in [0.15, 0.2) is 0 Å². The Morgan fingerprint density at radius 1 is 0.714 bits per heavy atom. The zero-order valence-electron chi connectivity index (χ0n) is 9.73. The first-order chi connectivity index (χ1) is 6.05. The highest BCUT2D eigenvalue weighted by Crippen LogP contribution is 2.47. The van der Waals surface area contributed by atoms with Crippen molar-refractivity contribution in [2.75, 3.05) is 0 Å². The van der Waals surface area contributed by atoms with Gasteiger partial charge in [-0.3, -0.25) is 0 Å². The molecule has 0 bridgehead atoms. The molecule has 0 aromatic rings. The zero-order chi connectivity index (χ0) is 11.6. The highest BCUT2D eigenvalue weighted by atomic mass is 35.5. The van der Waals surface area contributed by atoms with Crippen molar-refractivity contribution in [1.29, 1.82) is 0 Å². The van der Waals surface area contributed by atoms with Crippen molar-refractivity contribution in [3.63, 3.8) is 0 Å². The highest BCUT2D eigenvalue weighted by Gasteiger charge is 2.28. The average molecular weight is 275 g/mol. The Labute approximate surface area is 106 Å². The monoisotopic (exact) mass is 274 g/mol. The van der Waals surface area contributed by atoms with Crippen LogP contribution in [0.15, 0.2) is 0 Å². The van der Waals surface area contributed by atoms with Gasteiger partial charge in [-0.25, -0.2) is 0 Å². The molecule has 2 unspecified atom stereocenters. The maximum absolute atomic E-state index is 6.23. The van der Waals surface area contributed by atoms with Gasteiger partial charge in [-0.15, -0.1) is 23.2 Å². The van der Waals surface area contributed by atoms with Crippen LogP contribution in [0.25, 0.3) is 0 Å². The van der Waals surface area contributed by atoms with E-state index in [4.69, 9.17) is 23.2 Å². The molecular formula is C10H20Cl2S2. The Morgan fingerprint density at radius 2 is 0.929 bits per heavy atom. The van der Waals surface area contributed by atoms with Gasteiger partial charge >= 0.3 is 0 Å². The molecule has 0 aliphatic carbocycles. The van der Waals surface area contributed by atoms with Gasteiger partial charge in [-0.1, -0.05) is 63.1 Å². The molecule has 2 atom stereocenters. The van der Waals surface area contributed by atoms with Crippen molar-refractivity contribution in [3.8, 4) is 0 Å². The van der Waals surface area contributed by atoms with Gasteiger partial charge < -0.3 is 0 Å². The summed E-state index contributed by atoms with van der Waals surface area (Å²) in [4.78, 5) is 0. The van der Waals surface area contributed by atoms with Crippen LogP contribution < -0.4 is 0 Å². The molecule has 0 heterocycles. The molecule has 0 aromatic heterocycles. The molecule has 0 spiro atoms. The number of halogens is 2. The highest BCUT2D eigenvalue weighted by molar-refractivity contribution is 8.77. The summed E-state index contributed by atoms with van der Waals surface area (Å²) < 4.78 is 0.187. The second-order valence-electron chi connectivity index (χ2n) is 5.56. The fourth-order valence-electron chi connectivity index (χ4n) is 0.386. The SMILES string of the molecule is CC(C)(C)C(Cl)SSC(Cl)C(C)(C)C. The minimum absolute atomic E-state index is 0.0936. The van der Waals surface area contributed by atoms with Crippen molar-refractivity contribution < 1.29 is 0 Å². The van der Waals surface area contributed by atoms with E-state index in [0.717, 1.165) is 0 Å². The van der Waals surface area contributed by atoms with Gasteiger partial charge in [-0.2, -0.15) is 0 Å². The molecule has 0 N–H and O–H groups in total. The minimum Gasteiger partial charge on any atom is -0.110 e. The Bertz CT molecular complexity index is 150. The van der Waals surface area contributed by atoms with Gasteiger partial charge in [-0.05, 0) is 10.8 Å². The predicted octanol–water partition coefficient (Wildman–Crippen LogP) is 5.59. The molecule has 0 aromatic carbocycles. The molecule has 0 aliphatic rings. The molecule has 0 rings (SSSR count). The molecular weight excluding hydrogens is 255 g/mol. The van der Waals surface area contributed by atoms with Gasteiger partial charge in [0.25, 0.3) is 0 Å². The van der Waals surface area contributed by atoms with Gasteiger partial charge in [0, 0.05) is 0 Å². The first kappa shape index (κ1) is 15.3. The summed E-state index contributed by atoms with van der Waals surface area (Å²) in [6, 6.07) is 0. The summed E-state index contributed by atoms with van der Waals surface area (Å²) in [5.74, 6) is 0. The van der Waals surface area contributed by atoms with Gasteiger partial charge in [0.05, 0.1) is 9.42 Å². The first-order valence-electron chi connectivity index (χ1n) is 4.65. The van der Waals surface area contributed by atoms with Crippen LogP contribution >= 0.6 is 44.8 Å². The fraction of sp³-hybridized carbons (Fsp3) is 1.00. The average Bonchev–Trinajstić information content (AvgIpc) is 1.95. The zero-order valence-corrected chi connectivity index (χ0v) is 12.9. The van der Waals surface area contributed by atoms with E-state index in [2.05, 4.69) is 41.5 Å². The summed E-state index contributed by atoms with van der Waals surface area (Å²) in [7, 11) is 3.34. The minimum atomic E-state index is 0.0936. The molecule has 0 fully saturated rings. The smallest absolute Gasteiger partial charge is 0.0940 e. The van der Waals surface area contributed by atoms with E-state index >= 15 is 0 Å². The maximum atomic E-state index is 6.23. The lowest BCUT2D eigenvalue weighted by atomic mass is 10.0. The molecule has 0 aliphatic heterocycles. The lowest BCUT2D eigenvalue weighted by Crippen LogP contribution is -2.19. The predicted molar refractivity (Wildman–Crippen MR) is 73.4 cm³/mol. The van der Waals surface area contributed by atoms with Crippen LogP contribution in [0.5, 0.6) is 0 Å². The first-order valence-corrected chi connectivity index (χ1v) is 7.80. The summed E-state index contributed by atoms with van der Waals surface area (Å²) in [5.41, 5.74) is 0.238. The van der Waals surface area contributed by atoms with E-state index in [1.807, 2.05) is 0 Å². The summed E-state index contributed by atoms with van der Waals surface area (Å²) in [6.45, 7) is 12.8. The number of rotatable bonds is 3. The molecule has 14 heavy (non-hydrogen) atoms. The van der Waals surface area contributed by atoms with Crippen LogP contribution in [0.1, 0.15) is 41.5 Å². The molecule has 0 saturated carbocycles. The van der Waals surface area contributed by atoms with E-state index in [1.165, 1.54) is 0 Å². The van der Waals surface area contributed by atoms with E-state index < -0.39 is 0 Å². The van der Waals surface area contributed by atoms with Crippen LogP contribution in [0.3, 0.4) is 0 Å². The molecule has 0 nitrogen and oxygen atoms in total. The van der Waals surface area contributed by atoms with Crippen molar-refractivity contribution in [1.82, 2.24) is 0 Å². The molecule has 0 amide bonds. The van der Waals surface area contributed by atoms with Gasteiger partial charge in [0.1, 0.15) is 0 Å². The second-order valence-corrected chi connectivity index (χ2v) is 9.43. The topological polar surface area (TPSA) is 0 Å². The third-order valence-electron chi connectivity index (χ3n) is 1.59. The van der Waals surface area contributed by atoms with E-state index in [0.29, 0.717) is 0 Å². The second kappa shape index (κ2) is 5.56. The van der Waals surface area contributed by atoms with E-state index in [9.17, 15) is 0 Å². The summed E-state index contributed by atoms with van der Waals surface area (Å²) in [5, 5.41) is 0. The number of hydrogen-bond donors (Lipinski definition) is 0.